The normalized spacial score (nSPS) is 33.8. The van der Waals surface area contributed by atoms with Crippen molar-refractivity contribution in [2.24, 2.45) is 17.8 Å². The summed E-state index contributed by atoms with van der Waals surface area (Å²) in [6, 6.07) is 0. The number of thioether (sulfide) groups is 1. The second kappa shape index (κ2) is 5.77. The molecule has 96 valence electrons. The maximum absolute atomic E-state index is 10.3. The lowest BCUT2D eigenvalue weighted by atomic mass is 9.75. The molecule has 0 spiro atoms. The van der Waals surface area contributed by atoms with Crippen LogP contribution in [0.25, 0.3) is 0 Å². The second-order valence-corrected chi connectivity index (χ2v) is 8.52. The van der Waals surface area contributed by atoms with Gasteiger partial charge in [0.2, 0.25) is 0 Å². The van der Waals surface area contributed by atoms with Gasteiger partial charge in [0, 0.05) is 10.5 Å². The Morgan fingerprint density at radius 1 is 1.12 bits per heavy atom. The monoisotopic (exact) mass is 244 g/mol. The van der Waals surface area contributed by atoms with Crippen LogP contribution in [0, 0.1) is 17.8 Å². The first-order valence-electron chi connectivity index (χ1n) is 6.60. The summed E-state index contributed by atoms with van der Waals surface area (Å²) in [7, 11) is 0. The highest BCUT2D eigenvalue weighted by atomic mass is 32.2. The Hall–Kier alpha value is 0.310. The third-order valence-corrected chi connectivity index (χ3v) is 4.82. The maximum atomic E-state index is 10.3. The standard InChI is InChI=1S/C14H28OS/c1-10-6-11(2)8-12(7-10)13(15)9-16-14(3,4)5/h10-13,15H,6-9H2,1-5H3. The zero-order valence-corrected chi connectivity index (χ0v) is 12.3. The quantitative estimate of drug-likeness (QED) is 0.811. The zero-order valence-electron chi connectivity index (χ0n) is 11.5. The number of hydrogen-bond donors (Lipinski definition) is 1. The summed E-state index contributed by atoms with van der Waals surface area (Å²) in [5.74, 6) is 3.02. The lowest BCUT2D eigenvalue weighted by Crippen LogP contribution is -2.31. The van der Waals surface area contributed by atoms with E-state index in [1.807, 2.05) is 11.8 Å². The van der Waals surface area contributed by atoms with E-state index in [1.54, 1.807) is 0 Å². The molecule has 0 aliphatic heterocycles. The maximum Gasteiger partial charge on any atom is 0.0659 e. The van der Waals surface area contributed by atoms with E-state index in [9.17, 15) is 5.11 Å². The molecular formula is C14H28OS. The van der Waals surface area contributed by atoms with Gasteiger partial charge in [-0.2, -0.15) is 11.8 Å². The van der Waals surface area contributed by atoms with Crippen molar-refractivity contribution < 1.29 is 5.11 Å². The molecule has 1 fully saturated rings. The molecule has 3 unspecified atom stereocenters. The summed E-state index contributed by atoms with van der Waals surface area (Å²) in [6.07, 6.45) is 3.68. The van der Waals surface area contributed by atoms with E-state index in [-0.39, 0.29) is 10.9 Å². The molecule has 1 rings (SSSR count). The molecule has 2 heteroatoms. The van der Waals surface area contributed by atoms with Crippen LogP contribution in [-0.2, 0) is 0 Å². The van der Waals surface area contributed by atoms with Crippen molar-refractivity contribution in [1.29, 1.82) is 0 Å². The third kappa shape index (κ3) is 5.09. The Labute approximate surface area is 105 Å². The fraction of sp³-hybridized carbons (Fsp3) is 1.00. The van der Waals surface area contributed by atoms with Crippen LogP contribution < -0.4 is 0 Å². The highest BCUT2D eigenvalue weighted by molar-refractivity contribution is 8.00. The van der Waals surface area contributed by atoms with Gasteiger partial charge >= 0.3 is 0 Å². The fourth-order valence-corrected chi connectivity index (χ4v) is 3.74. The van der Waals surface area contributed by atoms with E-state index in [0.29, 0.717) is 5.92 Å². The fourth-order valence-electron chi connectivity index (χ4n) is 2.79. The van der Waals surface area contributed by atoms with Crippen LogP contribution in [0.2, 0.25) is 0 Å². The van der Waals surface area contributed by atoms with Crippen molar-refractivity contribution in [2.45, 2.75) is 64.7 Å². The number of aliphatic hydroxyl groups is 1. The third-order valence-electron chi connectivity index (χ3n) is 3.45. The van der Waals surface area contributed by atoms with Gasteiger partial charge in [0.05, 0.1) is 6.10 Å². The van der Waals surface area contributed by atoms with Crippen molar-refractivity contribution in [3.63, 3.8) is 0 Å². The van der Waals surface area contributed by atoms with Crippen LogP contribution in [0.15, 0.2) is 0 Å². The van der Waals surface area contributed by atoms with Gasteiger partial charge < -0.3 is 5.11 Å². The van der Waals surface area contributed by atoms with Crippen molar-refractivity contribution in [2.75, 3.05) is 5.75 Å². The van der Waals surface area contributed by atoms with Gasteiger partial charge in [0.1, 0.15) is 0 Å². The van der Waals surface area contributed by atoms with Crippen LogP contribution >= 0.6 is 11.8 Å². The predicted molar refractivity (Wildman–Crippen MR) is 73.9 cm³/mol. The summed E-state index contributed by atoms with van der Waals surface area (Å²) in [5.41, 5.74) is 0. The van der Waals surface area contributed by atoms with Gasteiger partial charge in [-0.05, 0) is 37.0 Å². The summed E-state index contributed by atoms with van der Waals surface area (Å²) in [6.45, 7) is 11.3. The molecular weight excluding hydrogens is 216 g/mol. The zero-order chi connectivity index (χ0) is 12.3. The van der Waals surface area contributed by atoms with Crippen LogP contribution in [0.4, 0.5) is 0 Å². The summed E-state index contributed by atoms with van der Waals surface area (Å²) in [4.78, 5) is 0. The topological polar surface area (TPSA) is 20.2 Å². The van der Waals surface area contributed by atoms with E-state index in [2.05, 4.69) is 34.6 Å². The van der Waals surface area contributed by atoms with Crippen molar-refractivity contribution in [1.82, 2.24) is 0 Å². The van der Waals surface area contributed by atoms with E-state index in [1.165, 1.54) is 19.3 Å². The summed E-state index contributed by atoms with van der Waals surface area (Å²) >= 11 is 1.89. The Balaban J connectivity index is 2.38. The number of hydrogen-bond acceptors (Lipinski definition) is 2. The highest BCUT2D eigenvalue weighted by Crippen LogP contribution is 2.36. The number of rotatable bonds is 3. The summed E-state index contributed by atoms with van der Waals surface area (Å²) in [5, 5.41) is 10.3. The number of aliphatic hydroxyl groups excluding tert-OH is 1. The Morgan fingerprint density at radius 2 is 1.62 bits per heavy atom. The molecule has 0 saturated heterocycles. The van der Waals surface area contributed by atoms with Crippen LogP contribution in [0.3, 0.4) is 0 Å². The van der Waals surface area contributed by atoms with Crippen molar-refractivity contribution in [3.05, 3.63) is 0 Å². The highest BCUT2D eigenvalue weighted by Gasteiger charge is 2.29. The van der Waals surface area contributed by atoms with Crippen LogP contribution in [0.1, 0.15) is 53.9 Å². The van der Waals surface area contributed by atoms with Gasteiger partial charge in [-0.3, -0.25) is 0 Å². The molecule has 1 aliphatic rings. The summed E-state index contributed by atoms with van der Waals surface area (Å²) < 4.78 is 0.271. The first-order chi connectivity index (χ1) is 7.28. The first-order valence-corrected chi connectivity index (χ1v) is 7.58. The minimum Gasteiger partial charge on any atom is -0.392 e. The molecule has 0 aromatic rings. The average Bonchev–Trinajstić information content (AvgIpc) is 2.11. The van der Waals surface area contributed by atoms with Crippen LogP contribution in [0.5, 0.6) is 0 Å². The largest absolute Gasteiger partial charge is 0.392 e. The molecule has 0 heterocycles. The lowest BCUT2D eigenvalue weighted by Gasteiger charge is -2.35. The average molecular weight is 244 g/mol. The van der Waals surface area contributed by atoms with Gasteiger partial charge in [0.15, 0.2) is 0 Å². The molecule has 0 radical (unpaired) electrons. The van der Waals surface area contributed by atoms with Gasteiger partial charge in [-0.25, -0.2) is 0 Å². The van der Waals surface area contributed by atoms with Crippen LogP contribution in [-0.4, -0.2) is 21.7 Å². The lowest BCUT2D eigenvalue weighted by molar-refractivity contribution is 0.0722. The van der Waals surface area contributed by atoms with Crippen molar-refractivity contribution >= 4 is 11.8 Å². The minimum atomic E-state index is -0.102. The molecule has 1 nitrogen and oxygen atoms in total. The van der Waals surface area contributed by atoms with Gasteiger partial charge in [0.25, 0.3) is 0 Å². The van der Waals surface area contributed by atoms with Gasteiger partial charge in [-0.1, -0.05) is 34.6 Å². The molecule has 16 heavy (non-hydrogen) atoms. The Morgan fingerprint density at radius 3 is 2.06 bits per heavy atom. The molecule has 3 atom stereocenters. The molecule has 1 N–H and O–H groups in total. The molecule has 1 aliphatic carbocycles. The molecule has 0 aromatic heterocycles. The molecule has 0 amide bonds. The smallest absolute Gasteiger partial charge is 0.0659 e. The molecule has 1 saturated carbocycles. The minimum absolute atomic E-state index is 0.102. The Bertz CT molecular complexity index is 199. The molecule has 0 aromatic carbocycles. The van der Waals surface area contributed by atoms with E-state index in [0.717, 1.165) is 17.6 Å². The van der Waals surface area contributed by atoms with E-state index >= 15 is 0 Å². The second-order valence-electron chi connectivity index (χ2n) is 6.67. The van der Waals surface area contributed by atoms with Gasteiger partial charge in [-0.15, -0.1) is 0 Å². The SMILES string of the molecule is CC1CC(C)CC(C(O)CSC(C)(C)C)C1. The Kier molecular flexibility index (Phi) is 5.18. The van der Waals surface area contributed by atoms with Crippen molar-refractivity contribution in [3.8, 4) is 0 Å². The predicted octanol–water partition coefficient (Wildman–Crippen LogP) is 3.95. The van der Waals surface area contributed by atoms with E-state index < -0.39 is 0 Å². The first kappa shape index (κ1) is 14.4. The molecule has 0 bridgehead atoms. The van der Waals surface area contributed by atoms with E-state index in [4.69, 9.17) is 0 Å².